The van der Waals surface area contributed by atoms with Gasteiger partial charge in [0.1, 0.15) is 41.7 Å². The van der Waals surface area contributed by atoms with Crippen LogP contribution in [0.25, 0.3) is 0 Å². The van der Waals surface area contributed by atoms with Crippen molar-refractivity contribution in [3.63, 3.8) is 0 Å². The molecule has 0 aromatic rings. The lowest BCUT2D eigenvalue weighted by molar-refractivity contribution is -0.289. The van der Waals surface area contributed by atoms with Gasteiger partial charge in [0, 0.05) is 12.6 Å². The number of carbonyl (C=O) groups is 2. The molecule has 0 unspecified atom stereocenters. The van der Waals surface area contributed by atoms with E-state index in [1.54, 1.807) is 41.5 Å². The molecule has 0 aromatic heterocycles. The summed E-state index contributed by atoms with van der Waals surface area (Å²) in [7, 11) is 0. The standard InChI is InChI=1S/C22H42N4O10/c1-21(2,3)35-19(31)25-8-11-14(28)15(29)12(24)18(33-11)34-17-10(7-9(23)13(27)16(17)30)26-20(32)36-22(4,5)6/h9-18,27-30H,7-8,23-24H2,1-6H3,(H,25,31)(H,26,32)/t9-,10+,11-,12-,13+,14-,15-,16-,17-,18-/m1/s1. The second-order valence-electron chi connectivity index (χ2n) is 11.2. The smallest absolute Gasteiger partial charge is 0.407 e. The zero-order valence-corrected chi connectivity index (χ0v) is 21.6. The van der Waals surface area contributed by atoms with Crippen molar-refractivity contribution in [2.45, 2.75) is 120 Å². The first kappa shape index (κ1) is 30.4. The first-order valence-electron chi connectivity index (χ1n) is 11.9. The van der Waals surface area contributed by atoms with Crippen molar-refractivity contribution in [2.75, 3.05) is 6.54 Å². The Morgan fingerprint density at radius 3 is 2.00 bits per heavy atom. The number of ether oxygens (including phenoxy) is 4. The summed E-state index contributed by atoms with van der Waals surface area (Å²) in [4.78, 5) is 24.4. The molecule has 2 amide bonds. The normalized spacial score (nSPS) is 37.7. The topological polar surface area (TPSA) is 228 Å². The molecule has 1 aliphatic heterocycles. The Labute approximate surface area is 210 Å². The van der Waals surface area contributed by atoms with E-state index in [-0.39, 0.29) is 13.0 Å². The Bertz CT molecular complexity index is 758. The van der Waals surface area contributed by atoms with Crippen LogP contribution in [0, 0.1) is 0 Å². The van der Waals surface area contributed by atoms with Gasteiger partial charge in [-0.15, -0.1) is 0 Å². The van der Waals surface area contributed by atoms with Gasteiger partial charge in [-0.1, -0.05) is 0 Å². The highest BCUT2D eigenvalue weighted by Gasteiger charge is 2.49. The summed E-state index contributed by atoms with van der Waals surface area (Å²) < 4.78 is 22.0. The molecule has 14 heteroatoms. The summed E-state index contributed by atoms with van der Waals surface area (Å²) in [6, 6.07) is -3.05. The molecule has 2 fully saturated rings. The molecule has 10 N–H and O–H groups in total. The van der Waals surface area contributed by atoms with Gasteiger partial charge in [-0.05, 0) is 48.0 Å². The van der Waals surface area contributed by atoms with Crippen LogP contribution in [0.2, 0.25) is 0 Å². The molecular weight excluding hydrogens is 480 g/mol. The van der Waals surface area contributed by atoms with Gasteiger partial charge in [-0.3, -0.25) is 0 Å². The number of rotatable bonds is 5. The van der Waals surface area contributed by atoms with Crippen LogP contribution < -0.4 is 22.1 Å². The van der Waals surface area contributed by atoms with Crippen molar-refractivity contribution in [1.29, 1.82) is 0 Å². The maximum Gasteiger partial charge on any atom is 0.407 e. The lowest BCUT2D eigenvalue weighted by atomic mass is 9.84. The molecule has 210 valence electrons. The summed E-state index contributed by atoms with van der Waals surface area (Å²) >= 11 is 0. The van der Waals surface area contributed by atoms with Crippen LogP contribution in [0.15, 0.2) is 0 Å². The van der Waals surface area contributed by atoms with Gasteiger partial charge in [0.2, 0.25) is 0 Å². The molecule has 0 bridgehead atoms. The minimum absolute atomic E-state index is 0.0267. The number of nitrogens with two attached hydrogens (primary N) is 2. The van der Waals surface area contributed by atoms with Gasteiger partial charge in [0.15, 0.2) is 6.29 Å². The number of aliphatic hydroxyl groups excluding tert-OH is 4. The first-order valence-corrected chi connectivity index (χ1v) is 11.9. The summed E-state index contributed by atoms with van der Waals surface area (Å²) in [6.45, 7) is 9.84. The third kappa shape index (κ3) is 8.38. The van der Waals surface area contributed by atoms with Gasteiger partial charge in [0.05, 0.1) is 18.2 Å². The van der Waals surface area contributed by atoms with E-state index in [4.69, 9.17) is 30.4 Å². The average molecular weight is 523 g/mol. The summed E-state index contributed by atoms with van der Waals surface area (Å²) in [6.07, 6.45) is -11.2. The molecule has 1 heterocycles. The van der Waals surface area contributed by atoms with Crippen molar-refractivity contribution in [2.24, 2.45) is 11.5 Å². The molecule has 1 aliphatic carbocycles. The zero-order chi connectivity index (χ0) is 27.6. The van der Waals surface area contributed by atoms with E-state index >= 15 is 0 Å². The van der Waals surface area contributed by atoms with E-state index in [9.17, 15) is 30.0 Å². The minimum Gasteiger partial charge on any atom is -0.444 e. The van der Waals surface area contributed by atoms with E-state index in [2.05, 4.69) is 10.6 Å². The lowest BCUT2D eigenvalue weighted by Crippen LogP contribution is -2.68. The predicted octanol–water partition coefficient (Wildman–Crippen LogP) is -1.98. The molecule has 0 spiro atoms. The molecule has 1 saturated carbocycles. The number of hydrogen-bond donors (Lipinski definition) is 8. The van der Waals surface area contributed by atoms with E-state index in [0.29, 0.717) is 0 Å². The van der Waals surface area contributed by atoms with Crippen LogP contribution in [0.3, 0.4) is 0 Å². The van der Waals surface area contributed by atoms with Crippen molar-refractivity contribution in [3.05, 3.63) is 0 Å². The van der Waals surface area contributed by atoms with E-state index in [1.807, 2.05) is 0 Å². The van der Waals surface area contributed by atoms with Crippen LogP contribution in [-0.4, -0.2) is 111 Å². The Balaban J connectivity index is 2.14. The number of amides is 2. The molecule has 1 saturated heterocycles. The fraction of sp³-hybridized carbons (Fsp3) is 0.909. The third-order valence-electron chi connectivity index (χ3n) is 5.64. The Hall–Kier alpha value is -1.78. The lowest BCUT2D eigenvalue weighted by Gasteiger charge is -2.46. The van der Waals surface area contributed by atoms with Gasteiger partial charge >= 0.3 is 12.2 Å². The van der Waals surface area contributed by atoms with E-state index in [1.165, 1.54) is 0 Å². The van der Waals surface area contributed by atoms with E-state index < -0.39 is 84.4 Å². The maximum atomic E-state index is 12.4. The largest absolute Gasteiger partial charge is 0.444 e. The van der Waals surface area contributed by atoms with Gasteiger partial charge < -0.3 is 61.5 Å². The summed E-state index contributed by atoms with van der Waals surface area (Å²) in [5, 5.41) is 46.9. The molecule has 10 atom stereocenters. The van der Waals surface area contributed by atoms with Crippen molar-refractivity contribution < 1.29 is 49.0 Å². The molecule has 14 nitrogen and oxygen atoms in total. The van der Waals surface area contributed by atoms with Gasteiger partial charge in [0.25, 0.3) is 0 Å². The molecule has 0 aromatic carbocycles. The molecule has 2 aliphatic rings. The molecular formula is C22H42N4O10. The fourth-order valence-electron chi connectivity index (χ4n) is 3.92. The number of aliphatic hydroxyl groups is 4. The third-order valence-corrected chi connectivity index (χ3v) is 5.64. The van der Waals surface area contributed by atoms with Crippen LogP contribution >= 0.6 is 0 Å². The Morgan fingerprint density at radius 2 is 1.44 bits per heavy atom. The molecule has 0 radical (unpaired) electrons. The first-order chi connectivity index (χ1) is 16.4. The quantitative estimate of drug-likeness (QED) is 0.196. The second-order valence-corrected chi connectivity index (χ2v) is 11.2. The highest BCUT2D eigenvalue weighted by molar-refractivity contribution is 5.68. The second kappa shape index (κ2) is 11.7. The van der Waals surface area contributed by atoms with Crippen molar-refractivity contribution >= 4 is 12.2 Å². The van der Waals surface area contributed by atoms with Gasteiger partial charge in [-0.25, -0.2) is 9.59 Å². The number of alkyl carbamates (subject to hydrolysis) is 2. The Kier molecular flexibility index (Phi) is 9.92. The summed E-state index contributed by atoms with van der Waals surface area (Å²) in [5.74, 6) is 0. The van der Waals surface area contributed by atoms with Crippen LogP contribution in [-0.2, 0) is 18.9 Å². The Morgan fingerprint density at radius 1 is 0.889 bits per heavy atom. The fourth-order valence-corrected chi connectivity index (χ4v) is 3.92. The average Bonchev–Trinajstić information content (AvgIpc) is 2.71. The maximum absolute atomic E-state index is 12.4. The number of hydrogen-bond acceptors (Lipinski definition) is 12. The van der Waals surface area contributed by atoms with E-state index in [0.717, 1.165) is 0 Å². The van der Waals surface area contributed by atoms with Crippen molar-refractivity contribution in [1.82, 2.24) is 10.6 Å². The number of carbonyl (C=O) groups excluding carboxylic acids is 2. The molecule has 36 heavy (non-hydrogen) atoms. The highest BCUT2D eigenvalue weighted by atomic mass is 16.7. The minimum atomic E-state index is -1.55. The monoisotopic (exact) mass is 522 g/mol. The number of nitrogens with one attached hydrogen (secondary N) is 2. The molecule has 2 rings (SSSR count). The summed E-state index contributed by atoms with van der Waals surface area (Å²) in [5.41, 5.74) is 10.4. The SMILES string of the molecule is CC(C)(C)OC(=O)NC[C@H]1O[C@H](O[C@H]2[C@H](O)[C@@H](O)[C@H](N)C[C@@H]2NC(=O)OC(C)(C)C)[C@H](N)[C@@H](O)[C@@H]1O. The van der Waals surface area contributed by atoms with Gasteiger partial charge in [-0.2, -0.15) is 0 Å². The highest BCUT2D eigenvalue weighted by Crippen LogP contribution is 2.28. The van der Waals surface area contributed by atoms with Crippen molar-refractivity contribution in [3.8, 4) is 0 Å². The zero-order valence-electron chi connectivity index (χ0n) is 21.6. The van der Waals surface area contributed by atoms with Crippen LogP contribution in [0.4, 0.5) is 9.59 Å². The predicted molar refractivity (Wildman–Crippen MR) is 126 cm³/mol. The van der Waals surface area contributed by atoms with Crippen LogP contribution in [0.5, 0.6) is 0 Å². The van der Waals surface area contributed by atoms with Crippen LogP contribution in [0.1, 0.15) is 48.0 Å².